The third kappa shape index (κ3) is 7.47. The van der Waals surface area contributed by atoms with E-state index < -0.39 is 6.17 Å². The molecule has 2 rings (SSSR count). The summed E-state index contributed by atoms with van der Waals surface area (Å²) in [6, 6.07) is -0.739. The second-order valence-electron chi connectivity index (χ2n) is 9.08. The van der Waals surface area contributed by atoms with Crippen LogP contribution in [0, 0.1) is 5.92 Å². The molecular weight excluding hydrogens is 396 g/mol. The molecule has 2 aliphatic rings. The predicted molar refractivity (Wildman–Crippen MR) is 127 cm³/mol. The van der Waals surface area contributed by atoms with Crippen LogP contribution < -0.4 is 5.32 Å². The first-order valence-electron chi connectivity index (χ1n) is 12.0. The number of hydrogen-bond donors (Lipinski definition) is 1. The highest BCUT2D eigenvalue weighted by Gasteiger charge is 2.48. The molecule has 30 heavy (non-hydrogen) atoms. The highest BCUT2D eigenvalue weighted by molar-refractivity contribution is 8.13. The molecule has 2 heterocycles. The van der Waals surface area contributed by atoms with Gasteiger partial charge in [0.2, 0.25) is 0 Å². The molecule has 0 aromatic heterocycles. The van der Waals surface area contributed by atoms with Crippen molar-refractivity contribution in [3.05, 3.63) is 0 Å². The molecule has 3 amide bonds. The zero-order chi connectivity index (χ0) is 21.9. The van der Waals surface area contributed by atoms with E-state index in [4.69, 9.17) is 4.99 Å². The monoisotopic (exact) mass is 438 g/mol. The van der Waals surface area contributed by atoms with Gasteiger partial charge in [0.25, 0.3) is 5.91 Å². The van der Waals surface area contributed by atoms with Crippen molar-refractivity contribution in [3.8, 4) is 0 Å². The second kappa shape index (κ2) is 13.2. The molecule has 172 valence electrons. The number of amidine groups is 1. The van der Waals surface area contributed by atoms with E-state index in [-0.39, 0.29) is 18.0 Å². The summed E-state index contributed by atoms with van der Waals surface area (Å²) < 4.78 is 0. The number of thioether (sulfide) groups is 1. The Labute approximate surface area is 187 Å². The lowest BCUT2D eigenvalue weighted by atomic mass is 10.1. The highest BCUT2D eigenvalue weighted by Crippen LogP contribution is 2.29. The maximum absolute atomic E-state index is 12.5. The Hall–Kier alpha value is -1.24. The molecule has 1 N–H and O–H groups in total. The van der Waals surface area contributed by atoms with Crippen molar-refractivity contribution in [1.29, 1.82) is 0 Å². The largest absolute Gasteiger partial charge is 0.336 e. The first-order valence-corrected chi connectivity index (χ1v) is 13.0. The molecule has 0 saturated carbocycles. The number of nitrogens with one attached hydrogen (secondary N) is 1. The van der Waals surface area contributed by atoms with E-state index in [0.29, 0.717) is 5.92 Å². The van der Waals surface area contributed by atoms with Crippen LogP contribution in [-0.4, -0.2) is 58.5 Å². The normalized spacial score (nSPS) is 21.3. The number of carbonyl (C=O) groups is 2. The third-order valence-corrected chi connectivity index (χ3v) is 7.09. The number of amides is 3. The van der Waals surface area contributed by atoms with E-state index in [2.05, 4.69) is 31.0 Å². The summed E-state index contributed by atoms with van der Waals surface area (Å²) in [7, 11) is 1.72. The van der Waals surface area contributed by atoms with Gasteiger partial charge in [-0.15, -0.1) is 0 Å². The van der Waals surface area contributed by atoms with Gasteiger partial charge in [0.05, 0.1) is 0 Å². The molecule has 2 atom stereocenters. The quantitative estimate of drug-likeness (QED) is 0.377. The molecule has 1 saturated heterocycles. The van der Waals surface area contributed by atoms with Crippen LogP contribution in [0.2, 0.25) is 0 Å². The van der Waals surface area contributed by atoms with Gasteiger partial charge in [-0.25, -0.2) is 9.79 Å². The average Bonchev–Trinajstić information content (AvgIpc) is 3.08. The number of rotatable bonds is 14. The highest BCUT2D eigenvalue weighted by atomic mass is 32.2. The van der Waals surface area contributed by atoms with E-state index in [0.717, 1.165) is 23.9 Å². The van der Waals surface area contributed by atoms with Gasteiger partial charge in [0.1, 0.15) is 0 Å². The average molecular weight is 439 g/mol. The van der Waals surface area contributed by atoms with Crippen molar-refractivity contribution in [2.75, 3.05) is 19.3 Å². The lowest BCUT2D eigenvalue weighted by Gasteiger charge is -2.36. The van der Waals surface area contributed by atoms with Gasteiger partial charge in [0.15, 0.2) is 17.4 Å². The molecule has 2 unspecified atom stereocenters. The van der Waals surface area contributed by atoms with E-state index in [1.54, 1.807) is 23.7 Å². The molecule has 7 heteroatoms. The topological polar surface area (TPSA) is 65.0 Å². The summed E-state index contributed by atoms with van der Waals surface area (Å²) in [5.74, 6) is 1.36. The Bertz CT molecular complexity index is 582. The number of imide groups is 1. The standard InChI is InChI=1S/C23H42N4O2S/c1-5-6-7-8-9-10-11-12-13-14-17-30-23-24-20-19(27(23)16-15-18(2)3)21(28)25-22(29)26(20)4/h18-20H,5-17H2,1-4H3,(H,25,28,29). The third-order valence-electron chi connectivity index (χ3n) is 6.00. The van der Waals surface area contributed by atoms with Gasteiger partial charge in [-0.3, -0.25) is 10.1 Å². The fourth-order valence-electron chi connectivity index (χ4n) is 4.01. The maximum atomic E-state index is 12.5. The lowest BCUT2D eigenvalue weighted by molar-refractivity contribution is -0.127. The summed E-state index contributed by atoms with van der Waals surface area (Å²) >= 11 is 1.75. The minimum atomic E-state index is -0.395. The Morgan fingerprint density at radius 2 is 1.60 bits per heavy atom. The van der Waals surface area contributed by atoms with Crippen molar-refractivity contribution in [1.82, 2.24) is 15.1 Å². The van der Waals surface area contributed by atoms with Gasteiger partial charge in [-0.05, 0) is 18.8 Å². The van der Waals surface area contributed by atoms with Crippen LogP contribution in [0.4, 0.5) is 4.79 Å². The number of urea groups is 1. The van der Waals surface area contributed by atoms with Gasteiger partial charge in [-0.2, -0.15) is 0 Å². The Balaban J connectivity index is 1.74. The Morgan fingerprint density at radius 3 is 2.20 bits per heavy atom. The summed E-state index contributed by atoms with van der Waals surface area (Å²) in [5.41, 5.74) is 0. The fourth-order valence-corrected chi connectivity index (χ4v) is 5.09. The van der Waals surface area contributed by atoms with Crippen LogP contribution in [0.3, 0.4) is 0 Å². The lowest BCUT2D eigenvalue weighted by Crippen LogP contribution is -2.63. The predicted octanol–water partition coefficient (Wildman–Crippen LogP) is 5.23. The van der Waals surface area contributed by atoms with E-state index in [1.165, 1.54) is 64.2 Å². The number of fused-ring (bicyclic) bond motifs is 1. The van der Waals surface area contributed by atoms with Crippen molar-refractivity contribution in [3.63, 3.8) is 0 Å². The minimum absolute atomic E-state index is 0.217. The molecule has 0 aromatic rings. The van der Waals surface area contributed by atoms with Crippen LogP contribution in [0.15, 0.2) is 4.99 Å². The second-order valence-corrected chi connectivity index (χ2v) is 10.1. The van der Waals surface area contributed by atoms with Crippen molar-refractivity contribution < 1.29 is 9.59 Å². The first kappa shape index (κ1) is 25.0. The van der Waals surface area contributed by atoms with Crippen LogP contribution in [-0.2, 0) is 4.79 Å². The molecular formula is C23H42N4O2S. The number of aliphatic imine (C=N–C) groups is 1. The van der Waals surface area contributed by atoms with Crippen molar-refractivity contribution >= 4 is 28.9 Å². The summed E-state index contributed by atoms with van der Waals surface area (Å²) in [6.45, 7) is 7.45. The van der Waals surface area contributed by atoms with Crippen LogP contribution in [0.1, 0.15) is 91.4 Å². The number of nitrogens with zero attached hydrogens (tertiary/aromatic N) is 3. The SMILES string of the molecule is CCCCCCCCCCCCSC1=NC2C(C(=O)NC(=O)N2C)N1CCC(C)C. The van der Waals surface area contributed by atoms with Crippen molar-refractivity contribution in [2.45, 2.75) is 104 Å². The molecule has 2 aliphatic heterocycles. The smallest absolute Gasteiger partial charge is 0.325 e. The van der Waals surface area contributed by atoms with Gasteiger partial charge < -0.3 is 9.80 Å². The molecule has 0 radical (unpaired) electrons. The van der Waals surface area contributed by atoms with Gasteiger partial charge >= 0.3 is 6.03 Å². The first-order chi connectivity index (χ1) is 14.5. The van der Waals surface area contributed by atoms with E-state index in [1.807, 2.05) is 0 Å². The zero-order valence-corrected chi connectivity index (χ0v) is 20.3. The van der Waals surface area contributed by atoms with Crippen LogP contribution in [0.25, 0.3) is 0 Å². The number of hydrogen-bond acceptors (Lipinski definition) is 5. The zero-order valence-electron chi connectivity index (χ0n) is 19.5. The van der Waals surface area contributed by atoms with Gasteiger partial charge in [0, 0.05) is 19.3 Å². The van der Waals surface area contributed by atoms with E-state index >= 15 is 0 Å². The summed E-state index contributed by atoms with van der Waals surface area (Å²) in [5, 5.41) is 3.40. The maximum Gasteiger partial charge on any atom is 0.325 e. The number of likely N-dealkylation sites (N-methyl/N-ethyl adjacent to an activating group) is 1. The fraction of sp³-hybridized carbons (Fsp3) is 0.870. The Morgan fingerprint density at radius 1 is 1.00 bits per heavy atom. The van der Waals surface area contributed by atoms with Crippen molar-refractivity contribution in [2.24, 2.45) is 10.9 Å². The summed E-state index contributed by atoms with van der Waals surface area (Å²) in [6.07, 6.45) is 13.9. The minimum Gasteiger partial charge on any atom is -0.336 e. The molecule has 1 fully saturated rings. The van der Waals surface area contributed by atoms with Crippen LogP contribution in [0.5, 0.6) is 0 Å². The Kier molecular flexibility index (Phi) is 11.0. The molecule has 0 spiro atoms. The summed E-state index contributed by atoms with van der Waals surface area (Å²) in [4.78, 5) is 33.0. The molecule has 6 nitrogen and oxygen atoms in total. The number of carbonyl (C=O) groups excluding carboxylic acids is 2. The van der Waals surface area contributed by atoms with E-state index in [9.17, 15) is 9.59 Å². The molecule has 0 aromatic carbocycles. The molecule has 0 bridgehead atoms. The van der Waals surface area contributed by atoms with Crippen LogP contribution >= 0.6 is 11.8 Å². The number of unbranched alkanes of at least 4 members (excludes halogenated alkanes) is 9. The molecule has 0 aliphatic carbocycles. The van der Waals surface area contributed by atoms with Gasteiger partial charge in [-0.1, -0.05) is 90.3 Å².